The molecule has 0 spiro atoms. The Balaban J connectivity index is 1.34. The van der Waals surface area contributed by atoms with Crippen LogP contribution in [0.1, 0.15) is 42.4 Å². The summed E-state index contributed by atoms with van der Waals surface area (Å²) in [5, 5.41) is 18.9. The van der Waals surface area contributed by atoms with Crippen LogP contribution in [0.2, 0.25) is 0 Å². The van der Waals surface area contributed by atoms with Crippen LogP contribution >= 0.6 is 0 Å². The minimum Gasteiger partial charge on any atom is -0.481 e. The molecule has 48 heavy (non-hydrogen) atoms. The number of carbonyl (C=O) groups is 1. The number of benzene rings is 3. The third-order valence-corrected chi connectivity index (χ3v) is 10.3. The number of aliphatic carboxylic acids is 1. The molecule has 0 aliphatic heterocycles. The minimum atomic E-state index is -1.04. The molecule has 3 aliphatic carbocycles. The molecule has 2 N–H and O–H groups in total. The van der Waals surface area contributed by atoms with Gasteiger partial charge < -0.3 is 10.4 Å². The predicted molar refractivity (Wildman–Crippen MR) is 179 cm³/mol. The number of fused-ring (bicyclic) bond motifs is 4. The molecule has 3 aliphatic rings. The third kappa shape index (κ3) is 4.84. The van der Waals surface area contributed by atoms with Crippen molar-refractivity contribution in [3.63, 3.8) is 0 Å². The molecule has 7 nitrogen and oxygen atoms in total. The zero-order valence-electron chi connectivity index (χ0n) is 26.0. The number of aromatic nitrogens is 4. The Hall–Kier alpha value is -5.44. The number of hydrogen-bond donors (Lipinski definition) is 2. The highest BCUT2D eigenvalue weighted by molar-refractivity contribution is 5.91. The molecule has 2 unspecified atom stereocenters. The highest BCUT2D eigenvalue weighted by Crippen LogP contribution is 2.47. The molecule has 9 rings (SSSR count). The first-order chi connectivity index (χ1) is 23.4. The van der Waals surface area contributed by atoms with Crippen molar-refractivity contribution in [1.82, 2.24) is 19.7 Å². The van der Waals surface area contributed by atoms with E-state index in [1.165, 1.54) is 24.4 Å². The summed E-state index contributed by atoms with van der Waals surface area (Å²) in [5.74, 6) is -2.51. The Labute approximate surface area is 276 Å². The van der Waals surface area contributed by atoms with E-state index >= 15 is 8.78 Å². The van der Waals surface area contributed by atoms with Gasteiger partial charge in [0, 0.05) is 6.04 Å². The van der Waals surface area contributed by atoms with Crippen LogP contribution in [-0.2, 0) is 10.3 Å². The van der Waals surface area contributed by atoms with E-state index in [4.69, 9.17) is 10.1 Å². The van der Waals surface area contributed by atoms with Gasteiger partial charge in [-0.2, -0.15) is 5.10 Å². The average Bonchev–Trinajstić information content (AvgIpc) is 3.50. The zero-order valence-corrected chi connectivity index (χ0v) is 26.0. The Morgan fingerprint density at radius 2 is 1.35 bits per heavy atom. The standard InChI is InChI=1S/C39H33F2N5O2/c40-29-22-30-35(32-21-20-31(41)36(43-32)44-34-25-18-16-24(17-19-25)33(34)38(47)48)45-46(37(30)42-23-29)39(26-10-4-1-5-11-26,27-12-6-2-7-13-27)28-14-8-3-9-15-28/h1-15,20-25,33-34H,16-19H2,(H,43,44)(H,47,48). The van der Waals surface area contributed by atoms with Gasteiger partial charge in [-0.1, -0.05) is 91.0 Å². The SMILES string of the molecule is O=C(O)C1C2CCC(CC2)C1Nc1nc(-c2nn(C(c3ccccc3)(c3ccccc3)c3ccccc3)c3ncc(F)cc23)ccc1F. The van der Waals surface area contributed by atoms with Crippen molar-refractivity contribution in [2.24, 2.45) is 17.8 Å². The maximum absolute atomic E-state index is 15.5. The lowest BCUT2D eigenvalue weighted by atomic mass is 9.61. The van der Waals surface area contributed by atoms with E-state index in [1.807, 2.05) is 95.7 Å². The summed E-state index contributed by atoms with van der Waals surface area (Å²) in [6.45, 7) is 0. The fourth-order valence-electron chi connectivity index (χ4n) is 8.15. The molecule has 0 radical (unpaired) electrons. The smallest absolute Gasteiger partial charge is 0.308 e. The number of nitrogens with zero attached hydrogens (tertiary/aromatic N) is 4. The highest BCUT2D eigenvalue weighted by Gasteiger charge is 2.48. The van der Waals surface area contributed by atoms with Crippen LogP contribution in [0.5, 0.6) is 0 Å². The lowest BCUT2D eigenvalue weighted by molar-refractivity contribution is -0.148. The molecule has 240 valence electrons. The number of rotatable bonds is 8. The van der Waals surface area contributed by atoms with Crippen molar-refractivity contribution >= 4 is 22.8 Å². The van der Waals surface area contributed by atoms with Crippen molar-refractivity contribution in [2.75, 3.05) is 5.32 Å². The number of carboxylic acids is 1. The van der Waals surface area contributed by atoms with Gasteiger partial charge in [-0.15, -0.1) is 0 Å². The van der Waals surface area contributed by atoms with Gasteiger partial charge in [-0.25, -0.2) is 23.4 Å². The van der Waals surface area contributed by atoms with Crippen LogP contribution in [0.3, 0.4) is 0 Å². The second-order valence-corrected chi connectivity index (χ2v) is 12.8. The molecule has 9 heteroatoms. The van der Waals surface area contributed by atoms with E-state index < -0.39 is 35.1 Å². The first-order valence-electron chi connectivity index (χ1n) is 16.3. The normalized spacial score (nSPS) is 20.5. The maximum atomic E-state index is 15.5. The second-order valence-electron chi connectivity index (χ2n) is 12.8. The summed E-state index contributed by atoms with van der Waals surface area (Å²) in [6.07, 6.45) is 4.70. The lowest BCUT2D eigenvalue weighted by Crippen LogP contribution is -2.51. The third-order valence-electron chi connectivity index (χ3n) is 10.3. The van der Waals surface area contributed by atoms with Crippen LogP contribution in [0.25, 0.3) is 22.4 Å². The molecular formula is C39H33F2N5O2. The van der Waals surface area contributed by atoms with Crippen LogP contribution in [-0.4, -0.2) is 36.9 Å². The van der Waals surface area contributed by atoms with Gasteiger partial charge >= 0.3 is 5.97 Å². The zero-order chi connectivity index (χ0) is 32.8. The monoisotopic (exact) mass is 641 g/mol. The largest absolute Gasteiger partial charge is 0.481 e. The number of carboxylic acid groups (broad SMARTS) is 1. The van der Waals surface area contributed by atoms with Gasteiger partial charge in [0.05, 0.1) is 23.2 Å². The van der Waals surface area contributed by atoms with Gasteiger partial charge in [0.25, 0.3) is 0 Å². The van der Waals surface area contributed by atoms with Gasteiger partial charge in [0.15, 0.2) is 17.3 Å². The van der Waals surface area contributed by atoms with Crippen molar-refractivity contribution in [2.45, 2.75) is 37.3 Å². The molecule has 3 aromatic carbocycles. The first kappa shape index (κ1) is 29.9. The fraction of sp³-hybridized carbons (Fsp3) is 0.231. The van der Waals surface area contributed by atoms with E-state index in [-0.39, 0.29) is 17.7 Å². The molecule has 6 aromatic rings. The van der Waals surface area contributed by atoms with Gasteiger partial charge in [0.2, 0.25) is 0 Å². The summed E-state index contributed by atoms with van der Waals surface area (Å²) < 4.78 is 32.3. The van der Waals surface area contributed by atoms with Crippen molar-refractivity contribution in [1.29, 1.82) is 0 Å². The molecule has 3 aromatic heterocycles. The molecule has 3 saturated carbocycles. The lowest BCUT2D eigenvalue weighted by Gasteiger charge is -2.47. The number of nitrogens with one attached hydrogen (secondary N) is 1. The topological polar surface area (TPSA) is 92.9 Å². The van der Waals surface area contributed by atoms with E-state index in [1.54, 1.807) is 0 Å². The predicted octanol–water partition coefficient (Wildman–Crippen LogP) is 7.91. The first-order valence-corrected chi connectivity index (χ1v) is 16.3. The highest BCUT2D eigenvalue weighted by atomic mass is 19.1. The average molecular weight is 642 g/mol. The molecule has 0 amide bonds. The number of pyridine rings is 2. The summed E-state index contributed by atoms with van der Waals surface area (Å²) in [6, 6.07) is 33.6. The van der Waals surface area contributed by atoms with Crippen molar-refractivity contribution < 1.29 is 18.7 Å². The Kier molecular flexibility index (Phi) is 7.47. The van der Waals surface area contributed by atoms with Gasteiger partial charge in [-0.3, -0.25) is 4.79 Å². The molecule has 2 atom stereocenters. The van der Waals surface area contributed by atoms with E-state index in [2.05, 4.69) is 10.3 Å². The minimum absolute atomic E-state index is 0.0381. The van der Waals surface area contributed by atoms with Crippen molar-refractivity contribution in [3.8, 4) is 11.4 Å². The Morgan fingerprint density at radius 1 is 0.792 bits per heavy atom. The second kappa shape index (κ2) is 12.0. The summed E-state index contributed by atoms with van der Waals surface area (Å²) >= 11 is 0. The fourth-order valence-corrected chi connectivity index (χ4v) is 8.15. The van der Waals surface area contributed by atoms with Crippen LogP contribution < -0.4 is 5.32 Å². The molecule has 2 bridgehead atoms. The molecule has 3 fully saturated rings. The maximum Gasteiger partial charge on any atom is 0.308 e. The molecule has 3 heterocycles. The summed E-state index contributed by atoms with van der Waals surface area (Å²) in [5.41, 5.74) is 2.74. The summed E-state index contributed by atoms with van der Waals surface area (Å²) in [4.78, 5) is 21.6. The van der Waals surface area contributed by atoms with E-state index in [0.29, 0.717) is 22.4 Å². The van der Waals surface area contributed by atoms with E-state index in [0.717, 1.165) is 42.4 Å². The molecular weight excluding hydrogens is 608 g/mol. The van der Waals surface area contributed by atoms with Crippen molar-refractivity contribution in [3.05, 3.63) is 144 Å². The van der Waals surface area contributed by atoms with Gasteiger partial charge in [-0.05, 0) is 72.4 Å². The van der Waals surface area contributed by atoms with Crippen LogP contribution in [0.15, 0.2) is 115 Å². The quantitative estimate of drug-likeness (QED) is 0.164. The van der Waals surface area contributed by atoms with E-state index in [9.17, 15) is 9.90 Å². The Bertz CT molecular complexity index is 2000. The van der Waals surface area contributed by atoms with Crippen LogP contribution in [0.4, 0.5) is 14.6 Å². The number of hydrogen-bond acceptors (Lipinski definition) is 5. The summed E-state index contributed by atoms with van der Waals surface area (Å²) in [7, 11) is 0. The number of anilines is 1. The number of halogens is 2. The van der Waals surface area contributed by atoms with Crippen LogP contribution in [0, 0.1) is 29.4 Å². The Morgan fingerprint density at radius 3 is 1.92 bits per heavy atom. The molecule has 0 saturated heterocycles. The van der Waals surface area contributed by atoms with Gasteiger partial charge in [0.1, 0.15) is 17.1 Å².